The molecule has 0 radical (unpaired) electrons. The Balaban J connectivity index is 1.50. The highest BCUT2D eigenvalue weighted by atomic mass is 32.1. The van der Waals surface area contributed by atoms with E-state index >= 15 is 0 Å². The van der Waals surface area contributed by atoms with Gasteiger partial charge in [-0.25, -0.2) is 4.98 Å². The molecule has 130 valence electrons. The molecule has 0 saturated carbocycles. The highest BCUT2D eigenvalue weighted by molar-refractivity contribution is 7.15. The summed E-state index contributed by atoms with van der Waals surface area (Å²) in [6, 6.07) is 1.65. The lowest BCUT2D eigenvalue weighted by Gasteiger charge is -2.27. The van der Waals surface area contributed by atoms with Crippen LogP contribution in [0, 0.1) is 0 Å². The third-order valence-corrected chi connectivity index (χ3v) is 5.47. The van der Waals surface area contributed by atoms with Gasteiger partial charge in [-0.2, -0.15) is 0 Å². The Bertz CT molecular complexity index is 714. The van der Waals surface area contributed by atoms with Gasteiger partial charge in [-0.3, -0.25) is 14.1 Å². The molecule has 0 amide bonds. The summed E-state index contributed by atoms with van der Waals surface area (Å²) in [5.74, 6) is 0. The summed E-state index contributed by atoms with van der Waals surface area (Å²) in [7, 11) is 0. The van der Waals surface area contributed by atoms with Crippen LogP contribution in [-0.2, 0) is 16.0 Å². The number of aromatic nitrogens is 2. The van der Waals surface area contributed by atoms with E-state index in [-0.39, 0.29) is 17.8 Å². The molecule has 6 nitrogen and oxygen atoms in total. The molecular formula is C17H23N3O3S. The highest BCUT2D eigenvalue weighted by Crippen LogP contribution is 2.18. The van der Waals surface area contributed by atoms with Crippen molar-refractivity contribution in [3.63, 3.8) is 0 Å². The molecule has 7 heteroatoms. The lowest BCUT2D eigenvalue weighted by Crippen LogP contribution is -2.37. The molecule has 4 heterocycles. The van der Waals surface area contributed by atoms with Gasteiger partial charge < -0.3 is 9.47 Å². The largest absolute Gasteiger partial charge is 0.377 e. The van der Waals surface area contributed by atoms with Gasteiger partial charge >= 0.3 is 0 Å². The van der Waals surface area contributed by atoms with Gasteiger partial charge in [0.1, 0.15) is 0 Å². The molecule has 0 bridgehead atoms. The lowest BCUT2D eigenvalue weighted by molar-refractivity contribution is 0.0341. The number of rotatable bonds is 6. The molecule has 2 aliphatic heterocycles. The highest BCUT2D eigenvalue weighted by Gasteiger charge is 2.24. The van der Waals surface area contributed by atoms with Gasteiger partial charge in [0.25, 0.3) is 5.56 Å². The van der Waals surface area contributed by atoms with E-state index in [1.54, 1.807) is 16.7 Å². The predicted octanol–water partition coefficient (Wildman–Crippen LogP) is 1.92. The van der Waals surface area contributed by atoms with Crippen LogP contribution >= 0.6 is 11.3 Å². The molecule has 0 aromatic carbocycles. The normalized spacial score (nSPS) is 24.4. The molecule has 2 aromatic heterocycles. The number of thiazole rings is 1. The zero-order valence-electron chi connectivity index (χ0n) is 13.7. The summed E-state index contributed by atoms with van der Waals surface area (Å²) in [6.07, 6.45) is 6.86. The Morgan fingerprint density at radius 2 is 1.92 bits per heavy atom. The van der Waals surface area contributed by atoms with Crippen molar-refractivity contribution < 1.29 is 9.47 Å². The standard InChI is InChI=1S/C17H23N3O3S/c21-16-9-13(18-17-20(16)5-8-24-17)10-19(11-14-3-1-6-22-14)12-15-4-2-7-23-15/h5,8-9,14-15H,1-4,6-7,10-12H2/t14-,15-/m0/s1. The first-order valence-electron chi connectivity index (χ1n) is 8.69. The van der Waals surface area contributed by atoms with Gasteiger partial charge in [-0.1, -0.05) is 0 Å². The van der Waals surface area contributed by atoms with Gasteiger partial charge in [-0.15, -0.1) is 11.3 Å². The van der Waals surface area contributed by atoms with Crippen molar-refractivity contribution in [3.05, 3.63) is 33.7 Å². The van der Waals surface area contributed by atoms with Gasteiger partial charge in [0.05, 0.1) is 17.9 Å². The number of ether oxygens (including phenoxy) is 2. The van der Waals surface area contributed by atoms with Crippen molar-refractivity contribution in [2.75, 3.05) is 26.3 Å². The molecule has 2 aromatic rings. The smallest absolute Gasteiger partial charge is 0.258 e. The van der Waals surface area contributed by atoms with Crippen molar-refractivity contribution in [1.29, 1.82) is 0 Å². The summed E-state index contributed by atoms with van der Waals surface area (Å²) in [4.78, 5) is 19.9. The maximum Gasteiger partial charge on any atom is 0.258 e. The van der Waals surface area contributed by atoms with Crippen LogP contribution in [0.25, 0.3) is 4.96 Å². The van der Waals surface area contributed by atoms with Crippen LogP contribution in [0.3, 0.4) is 0 Å². The van der Waals surface area contributed by atoms with E-state index in [9.17, 15) is 4.79 Å². The van der Waals surface area contributed by atoms with Crippen LogP contribution in [-0.4, -0.2) is 52.8 Å². The van der Waals surface area contributed by atoms with E-state index in [4.69, 9.17) is 9.47 Å². The topological polar surface area (TPSA) is 56.1 Å². The Kier molecular flexibility index (Phi) is 4.93. The fourth-order valence-electron chi connectivity index (χ4n) is 3.55. The maximum atomic E-state index is 12.2. The monoisotopic (exact) mass is 349 g/mol. The summed E-state index contributed by atoms with van der Waals surface area (Å²) in [5, 5.41) is 1.89. The minimum Gasteiger partial charge on any atom is -0.377 e. The Hall–Kier alpha value is -1.28. The van der Waals surface area contributed by atoms with E-state index in [1.807, 2.05) is 5.38 Å². The number of hydrogen-bond donors (Lipinski definition) is 0. The van der Waals surface area contributed by atoms with Crippen molar-refractivity contribution >= 4 is 16.3 Å². The van der Waals surface area contributed by atoms with Crippen LogP contribution in [0.2, 0.25) is 0 Å². The quantitative estimate of drug-likeness (QED) is 0.797. The van der Waals surface area contributed by atoms with E-state index in [1.165, 1.54) is 11.3 Å². The number of fused-ring (bicyclic) bond motifs is 1. The molecule has 4 rings (SSSR count). The molecule has 2 saturated heterocycles. The van der Waals surface area contributed by atoms with E-state index < -0.39 is 0 Å². The third kappa shape index (κ3) is 3.69. The zero-order chi connectivity index (χ0) is 16.4. The average Bonchev–Trinajstić information content (AvgIpc) is 3.28. The fraction of sp³-hybridized carbons (Fsp3) is 0.647. The summed E-state index contributed by atoms with van der Waals surface area (Å²) in [5.41, 5.74) is 0.823. The summed E-state index contributed by atoms with van der Waals surface area (Å²) < 4.78 is 13.2. The van der Waals surface area contributed by atoms with Crippen molar-refractivity contribution in [2.45, 2.75) is 44.4 Å². The molecule has 2 atom stereocenters. The molecule has 2 aliphatic rings. The predicted molar refractivity (Wildman–Crippen MR) is 92.6 cm³/mol. The second-order valence-electron chi connectivity index (χ2n) is 6.61. The van der Waals surface area contributed by atoms with Gasteiger partial charge in [-0.05, 0) is 25.7 Å². The van der Waals surface area contributed by atoms with Crippen LogP contribution in [0.4, 0.5) is 0 Å². The Morgan fingerprint density at radius 3 is 2.54 bits per heavy atom. The molecule has 0 unspecified atom stereocenters. The van der Waals surface area contributed by atoms with Crippen LogP contribution in [0.1, 0.15) is 31.4 Å². The first-order chi connectivity index (χ1) is 11.8. The Labute approximate surface area is 145 Å². The molecule has 2 fully saturated rings. The van der Waals surface area contributed by atoms with Gasteiger partial charge in [0.15, 0.2) is 4.96 Å². The van der Waals surface area contributed by atoms with Crippen LogP contribution < -0.4 is 5.56 Å². The SMILES string of the molecule is O=c1cc(CN(C[C@@H]2CCCO2)C[C@@H]2CCCO2)nc2sccn12. The van der Waals surface area contributed by atoms with E-state index in [0.717, 1.165) is 62.6 Å². The molecule has 0 spiro atoms. The second-order valence-corrected chi connectivity index (χ2v) is 7.48. The van der Waals surface area contributed by atoms with Gasteiger partial charge in [0, 0.05) is 50.5 Å². The van der Waals surface area contributed by atoms with Crippen LogP contribution in [0.5, 0.6) is 0 Å². The van der Waals surface area contributed by atoms with Crippen LogP contribution in [0.15, 0.2) is 22.4 Å². The third-order valence-electron chi connectivity index (χ3n) is 4.71. The summed E-state index contributed by atoms with van der Waals surface area (Å²) in [6.45, 7) is 4.15. The average molecular weight is 349 g/mol. The van der Waals surface area contributed by atoms with Crippen molar-refractivity contribution in [1.82, 2.24) is 14.3 Å². The first-order valence-corrected chi connectivity index (χ1v) is 9.57. The molecule has 24 heavy (non-hydrogen) atoms. The fourth-order valence-corrected chi connectivity index (χ4v) is 4.29. The molecule has 0 aliphatic carbocycles. The van der Waals surface area contributed by atoms with E-state index in [0.29, 0.717) is 6.54 Å². The van der Waals surface area contributed by atoms with Crippen molar-refractivity contribution in [2.24, 2.45) is 0 Å². The second kappa shape index (κ2) is 7.31. The lowest BCUT2D eigenvalue weighted by atomic mass is 10.2. The molecule has 0 N–H and O–H groups in total. The van der Waals surface area contributed by atoms with E-state index in [2.05, 4.69) is 9.88 Å². The number of hydrogen-bond acceptors (Lipinski definition) is 6. The minimum absolute atomic E-state index is 0.00886. The Morgan fingerprint density at radius 1 is 1.21 bits per heavy atom. The number of nitrogens with zero attached hydrogens (tertiary/aromatic N) is 3. The molecular weight excluding hydrogens is 326 g/mol. The first kappa shape index (κ1) is 16.2. The minimum atomic E-state index is -0.00886. The maximum absolute atomic E-state index is 12.2. The summed E-state index contributed by atoms with van der Waals surface area (Å²) >= 11 is 1.49. The zero-order valence-corrected chi connectivity index (χ0v) is 14.5. The van der Waals surface area contributed by atoms with Crippen molar-refractivity contribution in [3.8, 4) is 0 Å². The van der Waals surface area contributed by atoms with Gasteiger partial charge in [0.2, 0.25) is 0 Å².